The maximum absolute atomic E-state index is 12.4. The third-order valence-corrected chi connectivity index (χ3v) is 3.92. The molecule has 0 aromatic heterocycles. The molecule has 0 unspecified atom stereocenters. The zero-order valence-electron chi connectivity index (χ0n) is 16.3. The molecule has 0 bridgehead atoms. The lowest BCUT2D eigenvalue weighted by molar-refractivity contribution is 0.0977. The molecule has 2 N–H and O–H groups in total. The van der Waals surface area contributed by atoms with Crippen LogP contribution in [0.25, 0.3) is 0 Å². The van der Waals surface area contributed by atoms with Gasteiger partial charge in [-0.2, -0.15) is 0 Å². The first-order chi connectivity index (χ1) is 13.5. The highest BCUT2D eigenvalue weighted by atomic mass is 32.1. The number of hydrogen-bond acceptors (Lipinski definition) is 4. The molecular formula is C22H26N2O3S. The van der Waals surface area contributed by atoms with Gasteiger partial charge >= 0.3 is 0 Å². The Hall–Kier alpha value is -2.86. The third-order valence-electron chi connectivity index (χ3n) is 3.72. The number of nitrogens with one attached hydrogen (secondary N) is 2. The largest absolute Gasteiger partial charge is 0.494 e. The van der Waals surface area contributed by atoms with E-state index in [-0.39, 0.29) is 11.0 Å². The van der Waals surface area contributed by atoms with Crippen LogP contribution in [0.5, 0.6) is 11.5 Å². The number of hydrogen-bond donors (Lipinski definition) is 2. The van der Waals surface area contributed by atoms with Gasteiger partial charge in [0.25, 0.3) is 5.91 Å². The minimum Gasteiger partial charge on any atom is -0.494 e. The number of benzene rings is 2. The summed E-state index contributed by atoms with van der Waals surface area (Å²) >= 11 is 5.26. The van der Waals surface area contributed by atoms with Gasteiger partial charge in [0.15, 0.2) is 5.11 Å². The van der Waals surface area contributed by atoms with Crippen LogP contribution in [0, 0.1) is 0 Å². The van der Waals surface area contributed by atoms with Gasteiger partial charge in [0.1, 0.15) is 18.1 Å². The smallest absolute Gasteiger partial charge is 0.257 e. The number of carbonyl (C=O) groups excluding carboxylic acids is 1. The van der Waals surface area contributed by atoms with Crippen molar-refractivity contribution < 1.29 is 14.3 Å². The molecular weight excluding hydrogens is 372 g/mol. The number of para-hydroxylation sites is 2. The van der Waals surface area contributed by atoms with Crippen molar-refractivity contribution in [2.75, 3.05) is 18.5 Å². The Labute approximate surface area is 171 Å². The van der Waals surface area contributed by atoms with Crippen molar-refractivity contribution in [3.63, 3.8) is 0 Å². The van der Waals surface area contributed by atoms with E-state index in [0.717, 1.165) is 24.2 Å². The van der Waals surface area contributed by atoms with Gasteiger partial charge in [-0.3, -0.25) is 10.1 Å². The van der Waals surface area contributed by atoms with Gasteiger partial charge in [-0.1, -0.05) is 32.1 Å². The maximum Gasteiger partial charge on any atom is 0.257 e. The van der Waals surface area contributed by atoms with E-state index in [9.17, 15) is 4.79 Å². The quantitative estimate of drug-likeness (QED) is 0.356. The summed E-state index contributed by atoms with van der Waals surface area (Å²) in [6.07, 6.45) is 2.08. The van der Waals surface area contributed by atoms with Crippen LogP contribution in [0.1, 0.15) is 37.0 Å². The summed E-state index contributed by atoms with van der Waals surface area (Å²) in [6, 6.07) is 14.4. The Morgan fingerprint density at radius 2 is 1.82 bits per heavy atom. The molecule has 2 aromatic rings. The van der Waals surface area contributed by atoms with E-state index in [2.05, 4.69) is 24.1 Å². The van der Waals surface area contributed by atoms with E-state index < -0.39 is 0 Å². The lowest BCUT2D eigenvalue weighted by Crippen LogP contribution is -2.34. The van der Waals surface area contributed by atoms with Crippen molar-refractivity contribution in [2.24, 2.45) is 0 Å². The Morgan fingerprint density at radius 3 is 2.50 bits per heavy atom. The highest BCUT2D eigenvalue weighted by molar-refractivity contribution is 7.80. The fourth-order valence-electron chi connectivity index (χ4n) is 2.26. The predicted octanol–water partition coefficient (Wildman–Crippen LogP) is 4.95. The fraction of sp³-hybridized carbons (Fsp3) is 0.273. The molecule has 0 saturated carbocycles. The van der Waals surface area contributed by atoms with Crippen molar-refractivity contribution in [3.8, 4) is 11.5 Å². The summed E-state index contributed by atoms with van der Waals surface area (Å²) in [5, 5.41) is 5.87. The van der Waals surface area contributed by atoms with E-state index in [1.54, 1.807) is 24.3 Å². The second-order valence-electron chi connectivity index (χ2n) is 6.38. The Bertz CT molecular complexity index is 819. The summed E-state index contributed by atoms with van der Waals surface area (Å²) in [6.45, 7) is 8.90. The molecule has 148 valence electrons. The van der Waals surface area contributed by atoms with Crippen LogP contribution in [-0.4, -0.2) is 24.2 Å². The molecule has 0 spiro atoms. The molecule has 2 aromatic carbocycles. The third kappa shape index (κ3) is 7.04. The first-order valence-electron chi connectivity index (χ1n) is 9.21. The summed E-state index contributed by atoms with van der Waals surface area (Å²) in [5.74, 6) is 1.09. The molecule has 6 heteroatoms. The Kier molecular flexibility index (Phi) is 8.49. The van der Waals surface area contributed by atoms with Crippen LogP contribution in [0.2, 0.25) is 0 Å². The lowest BCUT2D eigenvalue weighted by atomic mass is 10.2. The van der Waals surface area contributed by atoms with Gasteiger partial charge in [-0.15, -0.1) is 0 Å². The number of rotatable bonds is 9. The molecule has 0 aliphatic rings. The van der Waals surface area contributed by atoms with Crippen LogP contribution in [0.4, 0.5) is 5.69 Å². The van der Waals surface area contributed by atoms with Crippen LogP contribution in [0.15, 0.2) is 60.7 Å². The second-order valence-corrected chi connectivity index (χ2v) is 6.78. The van der Waals surface area contributed by atoms with Crippen molar-refractivity contribution in [3.05, 3.63) is 66.2 Å². The number of thiocarbonyl (C=S) groups is 1. The number of anilines is 1. The van der Waals surface area contributed by atoms with E-state index in [0.29, 0.717) is 30.2 Å². The summed E-state index contributed by atoms with van der Waals surface area (Å²) in [7, 11) is 0. The average molecular weight is 399 g/mol. The van der Waals surface area contributed by atoms with Crippen LogP contribution < -0.4 is 20.1 Å². The average Bonchev–Trinajstić information content (AvgIpc) is 2.68. The SMILES string of the molecule is C=C(C)COc1ccccc1NC(=S)NC(=O)c1ccc(OCCCC)cc1. The van der Waals surface area contributed by atoms with Gasteiger partial charge in [0.05, 0.1) is 12.3 Å². The maximum atomic E-state index is 12.4. The minimum atomic E-state index is -0.294. The second kappa shape index (κ2) is 11.1. The van der Waals surface area contributed by atoms with Crippen LogP contribution >= 0.6 is 12.2 Å². The number of carbonyl (C=O) groups is 1. The van der Waals surface area contributed by atoms with Gasteiger partial charge < -0.3 is 14.8 Å². The van der Waals surface area contributed by atoms with E-state index in [1.807, 2.05) is 31.2 Å². The molecule has 1 amide bonds. The molecule has 0 atom stereocenters. The Morgan fingerprint density at radius 1 is 1.11 bits per heavy atom. The molecule has 0 radical (unpaired) electrons. The standard InChI is InChI=1S/C22H26N2O3S/c1-4-5-14-26-18-12-10-17(11-13-18)21(25)24-22(28)23-19-8-6-7-9-20(19)27-15-16(2)3/h6-13H,2,4-5,14-15H2,1,3H3,(H2,23,24,25,28). The van der Waals surface area contributed by atoms with Crippen molar-refractivity contribution in [1.82, 2.24) is 5.32 Å². The van der Waals surface area contributed by atoms with Crippen molar-refractivity contribution in [2.45, 2.75) is 26.7 Å². The van der Waals surface area contributed by atoms with Gasteiger partial charge in [-0.05, 0) is 67.5 Å². The van der Waals surface area contributed by atoms with E-state index in [4.69, 9.17) is 21.7 Å². The molecule has 0 saturated heterocycles. The number of amides is 1. The van der Waals surface area contributed by atoms with Crippen LogP contribution in [-0.2, 0) is 0 Å². The predicted molar refractivity (Wildman–Crippen MR) is 117 cm³/mol. The topological polar surface area (TPSA) is 59.6 Å². The number of unbranched alkanes of at least 4 members (excludes halogenated alkanes) is 1. The summed E-state index contributed by atoms with van der Waals surface area (Å²) in [4.78, 5) is 12.4. The normalized spacial score (nSPS) is 10.1. The highest BCUT2D eigenvalue weighted by Crippen LogP contribution is 2.24. The molecule has 0 heterocycles. The monoisotopic (exact) mass is 398 g/mol. The van der Waals surface area contributed by atoms with Gasteiger partial charge in [0, 0.05) is 5.56 Å². The molecule has 2 rings (SSSR count). The zero-order valence-corrected chi connectivity index (χ0v) is 17.1. The van der Waals surface area contributed by atoms with Gasteiger partial charge in [0.2, 0.25) is 0 Å². The van der Waals surface area contributed by atoms with Crippen LogP contribution in [0.3, 0.4) is 0 Å². The first-order valence-corrected chi connectivity index (χ1v) is 9.62. The van der Waals surface area contributed by atoms with E-state index in [1.165, 1.54) is 0 Å². The Balaban J connectivity index is 1.92. The van der Waals surface area contributed by atoms with Crippen molar-refractivity contribution in [1.29, 1.82) is 0 Å². The molecule has 28 heavy (non-hydrogen) atoms. The first kappa shape index (κ1) is 21.4. The molecule has 0 aliphatic heterocycles. The van der Waals surface area contributed by atoms with Crippen molar-refractivity contribution >= 4 is 28.9 Å². The van der Waals surface area contributed by atoms with Gasteiger partial charge in [-0.25, -0.2) is 0 Å². The molecule has 0 aliphatic carbocycles. The fourth-order valence-corrected chi connectivity index (χ4v) is 2.47. The highest BCUT2D eigenvalue weighted by Gasteiger charge is 2.10. The minimum absolute atomic E-state index is 0.194. The summed E-state index contributed by atoms with van der Waals surface area (Å²) < 4.78 is 11.3. The summed E-state index contributed by atoms with van der Waals surface area (Å²) in [5.41, 5.74) is 2.08. The molecule has 5 nitrogen and oxygen atoms in total. The zero-order chi connectivity index (χ0) is 20.4. The number of ether oxygens (including phenoxy) is 2. The lowest BCUT2D eigenvalue weighted by Gasteiger charge is -2.14. The molecule has 0 fully saturated rings. The van der Waals surface area contributed by atoms with E-state index >= 15 is 0 Å².